The molecular formula is C17H23ClN2O6S. The van der Waals surface area contributed by atoms with Crippen LogP contribution in [0.4, 0.5) is 0 Å². The van der Waals surface area contributed by atoms with E-state index in [0.29, 0.717) is 11.6 Å². The summed E-state index contributed by atoms with van der Waals surface area (Å²) in [7, 11) is -3.36. The molecule has 1 rings (SSSR count). The molecule has 1 aromatic rings. The molecule has 0 aliphatic heterocycles. The summed E-state index contributed by atoms with van der Waals surface area (Å²) in [5.41, 5.74) is 0.247. The lowest BCUT2D eigenvalue weighted by Gasteiger charge is -2.17. The maximum Gasteiger partial charge on any atom is 0.329 e. The highest BCUT2D eigenvalue weighted by atomic mass is 35.5. The van der Waals surface area contributed by atoms with Gasteiger partial charge in [-0.3, -0.25) is 9.59 Å². The predicted octanol–water partition coefficient (Wildman–Crippen LogP) is 0.942. The van der Waals surface area contributed by atoms with Crippen molar-refractivity contribution in [1.29, 1.82) is 0 Å². The van der Waals surface area contributed by atoms with E-state index < -0.39 is 40.3 Å². The van der Waals surface area contributed by atoms with Crippen molar-refractivity contribution in [1.82, 2.24) is 10.6 Å². The number of carbonyl (C=O) groups is 3. The zero-order chi connectivity index (χ0) is 20.4. The highest BCUT2D eigenvalue weighted by Gasteiger charge is 2.25. The van der Waals surface area contributed by atoms with Gasteiger partial charge in [0.25, 0.3) is 11.8 Å². The van der Waals surface area contributed by atoms with Gasteiger partial charge in [-0.15, -0.1) is 0 Å². The van der Waals surface area contributed by atoms with E-state index in [1.165, 1.54) is 24.3 Å². The SMILES string of the molecule is CCCNC(=O)COC(=O)[C@H](CCS(C)(=O)=O)NC(=O)c1ccc(Cl)cc1. The van der Waals surface area contributed by atoms with Crippen LogP contribution in [-0.4, -0.2) is 57.4 Å². The largest absolute Gasteiger partial charge is 0.454 e. The molecule has 2 N–H and O–H groups in total. The molecule has 0 unspecified atom stereocenters. The summed E-state index contributed by atoms with van der Waals surface area (Å²) in [5, 5.41) is 5.42. The van der Waals surface area contributed by atoms with Gasteiger partial charge < -0.3 is 15.4 Å². The van der Waals surface area contributed by atoms with Crippen LogP contribution in [0.5, 0.6) is 0 Å². The highest BCUT2D eigenvalue weighted by molar-refractivity contribution is 7.90. The lowest BCUT2D eigenvalue weighted by atomic mass is 10.1. The minimum absolute atomic E-state index is 0.173. The second-order valence-corrected chi connectivity index (χ2v) is 8.61. The van der Waals surface area contributed by atoms with Crippen LogP contribution in [0.15, 0.2) is 24.3 Å². The van der Waals surface area contributed by atoms with Crippen molar-refractivity contribution in [3.05, 3.63) is 34.9 Å². The number of amides is 2. The predicted molar refractivity (Wildman–Crippen MR) is 101 cm³/mol. The van der Waals surface area contributed by atoms with Crippen LogP contribution in [0.2, 0.25) is 5.02 Å². The van der Waals surface area contributed by atoms with E-state index in [2.05, 4.69) is 10.6 Å². The van der Waals surface area contributed by atoms with E-state index in [4.69, 9.17) is 16.3 Å². The first-order valence-electron chi connectivity index (χ1n) is 8.30. The number of hydrogen-bond donors (Lipinski definition) is 2. The third-order valence-electron chi connectivity index (χ3n) is 3.39. The van der Waals surface area contributed by atoms with Crippen molar-refractivity contribution in [2.75, 3.05) is 25.2 Å². The van der Waals surface area contributed by atoms with Crippen molar-refractivity contribution in [2.24, 2.45) is 0 Å². The Kier molecular flexibility index (Phi) is 9.23. The van der Waals surface area contributed by atoms with E-state index in [1.54, 1.807) is 0 Å². The average Bonchev–Trinajstić information content (AvgIpc) is 2.60. The first-order valence-corrected chi connectivity index (χ1v) is 10.7. The minimum Gasteiger partial charge on any atom is -0.454 e. The molecule has 0 bridgehead atoms. The molecule has 0 heterocycles. The zero-order valence-corrected chi connectivity index (χ0v) is 16.7. The molecule has 0 radical (unpaired) electrons. The minimum atomic E-state index is -3.36. The van der Waals surface area contributed by atoms with Crippen LogP contribution in [0.3, 0.4) is 0 Å². The van der Waals surface area contributed by atoms with E-state index in [9.17, 15) is 22.8 Å². The molecule has 0 aliphatic carbocycles. The molecule has 0 fully saturated rings. The summed E-state index contributed by atoms with van der Waals surface area (Å²) < 4.78 is 27.7. The normalized spacial score (nSPS) is 12.1. The number of benzene rings is 1. The zero-order valence-electron chi connectivity index (χ0n) is 15.2. The lowest BCUT2D eigenvalue weighted by Crippen LogP contribution is -2.44. The topological polar surface area (TPSA) is 119 Å². The molecule has 150 valence electrons. The van der Waals surface area contributed by atoms with E-state index in [1.807, 2.05) is 6.92 Å². The van der Waals surface area contributed by atoms with Gasteiger partial charge in [-0.2, -0.15) is 0 Å². The Morgan fingerprint density at radius 3 is 2.37 bits per heavy atom. The first kappa shape index (κ1) is 22.9. The third-order valence-corrected chi connectivity index (χ3v) is 4.62. The summed E-state index contributed by atoms with van der Waals surface area (Å²) in [6.07, 6.45) is 1.58. The van der Waals surface area contributed by atoms with E-state index in [-0.39, 0.29) is 17.7 Å². The number of ether oxygens (including phenoxy) is 1. The van der Waals surface area contributed by atoms with Crippen molar-refractivity contribution >= 4 is 39.2 Å². The highest BCUT2D eigenvalue weighted by Crippen LogP contribution is 2.10. The molecule has 2 amide bonds. The Hall–Kier alpha value is -2.13. The Morgan fingerprint density at radius 2 is 1.81 bits per heavy atom. The summed E-state index contributed by atoms with van der Waals surface area (Å²) >= 11 is 5.77. The van der Waals surface area contributed by atoms with Gasteiger partial charge in [0.05, 0.1) is 5.75 Å². The fourth-order valence-corrected chi connectivity index (χ4v) is 2.77. The fourth-order valence-electron chi connectivity index (χ4n) is 1.98. The quantitative estimate of drug-likeness (QED) is 0.546. The molecule has 0 saturated heterocycles. The summed E-state index contributed by atoms with van der Waals surface area (Å²) in [4.78, 5) is 36.0. The standard InChI is InChI=1S/C17H23ClN2O6S/c1-3-9-19-15(21)11-26-17(23)14(8-10-27(2,24)25)20-16(22)12-4-6-13(18)7-5-12/h4-7,14H,3,8-11H2,1-2H3,(H,19,21)(H,20,22)/t14-/m0/s1. The molecule has 0 aromatic heterocycles. The second kappa shape index (κ2) is 10.9. The van der Waals surface area contributed by atoms with Crippen LogP contribution < -0.4 is 10.6 Å². The van der Waals surface area contributed by atoms with E-state index >= 15 is 0 Å². The van der Waals surface area contributed by atoms with Crippen LogP contribution in [0.25, 0.3) is 0 Å². The fraction of sp³-hybridized carbons (Fsp3) is 0.471. The molecule has 0 spiro atoms. The lowest BCUT2D eigenvalue weighted by molar-refractivity contribution is -0.150. The molecule has 1 atom stereocenters. The molecule has 10 heteroatoms. The smallest absolute Gasteiger partial charge is 0.329 e. The van der Waals surface area contributed by atoms with Crippen molar-refractivity contribution < 1.29 is 27.5 Å². The first-order chi connectivity index (χ1) is 12.6. The molecule has 0 aliphatic rings. The molecular weight excluding hydrogens is 396 g/mol. The van der Waals surface area contributed by atoms with Gasteiger partial charge in [0.15, 0.2) is 6.61 Å². The number of halogens is 1. The van der Waals surface area contributed by atoms with Crippen LogP contribution in [0, 0.1) is 0 Å². The Bertz CT molecular complexity index is 764. The molecule has 27 heavy (non-hydrogen) atoms. The molecule has 8 nitrogen and oxygen atoms in total. The Labute approximate surface area is 163 Å². The number of carbonyl (C=O) groups excluding carboxylic acids is 3. The van der Waals surface area contributed by atoms with Crippen molar-refractivity contribution in [3.8, 4) is 0 Å². The molecule has 0 saturated carbocycles. The molecule has 1 aromatic carbocycles. The van der Waals surface area contributed by atoms with Crippen LogP contribution in [0.1, 0.15) is 30.1 Å². The number of nitrogens with one attached hydrogen (secondary N) is 2. The average molecular weight is 419 g/mol. The number of esters is 1. The van der Waals surface area contributed by atoms with Gasteiger partial charge >= 0.3 is 5.97 Å². The summed E-state index contributed by atoms with van der Waals surface area (Å²) in [6, 6.07) is 4.75. The number of rotatable bonds is 10. The van der Waals surface area contributed by atoms with Crippen molar-refractivity contribution in [2.45, 2.75) is 25.8 Å². The Balaban J connectivity index is 2.76. The van der Waals surface area contributed by atoms with Gasteiger partial charge in [0.2, 0.25) is 0 Å². The Morgan fingerprint density at radius 1 is 1.19 bits per heavy atom. The monoisotopic (exact) mass is 418 g/mol. The maximum atomic E-state index is 12.3. The van der Waals surface area contributed by atoms with Gasteiger partial charge in [-0.25, -0.2) is 13.2 Å². The number of sulfone groups is 1. The second-order valence-electron chi connectivity index (χ2n) is 5.91. The van der Waals surface area contributed by atoms with Gasteiger partial charge in [-0.1, -0.05) is 18.5 Å². The van der Waals surface area contributed by atoms with Gasteiger partial charge in [0, 0.05) is 23.4 Å². The van der Waals surface area contributed by atoms with Crippen LogP contribution >= 0.6 is 11.6 Å². The van der Waals surface area contributed by atoms with E-state index in [0.717, 1.165) is 12.7 Å². The summed E-state index contributed by atoms with van der Waals surface area (Å²) in [5.74, 6) is -2.27. The van der Waals surface area contributed by atoms with Crippen molar-refractivity contribution in [3.63, 3.8) is 0 Å². The van der Waals surface area contributed by atoms with Crippen LogP contribution in [-0.2, 0) is 24.2 Å². The number of hydrogen-bond acceptors (Lipinski definition) is 6. The van der Waals surface area contributed by atoms with Gasteiger partial charge in [-0.05, 0) is 37.1 Å². The summed E-state index contributed by atoms with van der Waals surface area (Å²) in [6.45, 7) is 1.81. The maximum absolute atomic E-state index is 12.3. The third kappa shape index (κ3) is 9.39. The van der Waals surface area contributed by atoms with Gasteiger partial charge in [0.1, 0.15) is 15.9 Å².